The van der Waals surface area contributed by atoms with Gasteiger partial charge in [0.05, 0.1) is 6.33 Å². The summed E-state index contributed by atoms with van der Waals surface area (Å²) in [5.41, 5.74) is 7.06. The number of imidazole rings is 1. The Labute approximate surface area is 92.7 Å². The Bertz CT molecular complexity index is 501. The van der Waals surface area contributed by atoms with Gasteiger partial charge in [-0.2, -0.15) is 9.97 Å². The van der Waals surface area contributed by atoms with Gasteiger partial charge in [-0.05, 0) is 18.8 Å². The summed E-state index contributed by atoms with van der Waals surface area (Å²) >= 11 is 0. The van der Waals surface area contributed by atoms with Crippen molar-refractivity contribution in [3.8, 4) is 0 Å². The van der Waals surface area contributed by atoms with Crippen molar-refractivity contribution >= 4 is 22.9 Å². The van der Waals surface area contributed by atoms with Crippen LogP contribution in [-0.2, 0) is 0 Å². The van der Waals surface area contributed by atoms with Crippen LogP contribution in [0.1, 0.15) is 19.3 Å². The van der Waals surface area contributed by atoms with Crippen LogP contribution in [0, 0.1) is 5.92 Å². The SMILES string of the molecule is Nc1nc(NCC2CCC2)c2[nH]cnc2n1. The molecule has 0 saturated heterocycles. The van der Waals surface area contributed by atoms with E-state index < -0.39 is 0 Å². The Morgan fingerprint density at radius 3 is 3.06 bits per heavy atom. The summed E-state index contributed by atoms with van der Waals surface area (Å²) in [6.07, 6.45) is 5.56. The van der Waals surface area contributed by atoms with Gasteiger partial charge in [0.15, 0.2) is 11.5 Å². The molecule has 0 aromatic carbocycles. The summed E-state index contributed by atoms with van der Waals surface area (Å²) in [6.45, 7) is 0.949. The molecule has 3 rings (SSSR count). The van der Waals surface area contributed by atoms with Gasteiger partial charge < -0.3 is 16.0 Å². The Hall–Kier alpha value is -1.85. The summed E-state index contributed by atoms with van der Waals surface area (Å²) in [6, 6.07) is 0. The van der Waals surface area contributed by atoms with Crippen LogP contribution in [0.2, 0.25) is 0 Å². The molecule has 4 N–H and O–H groups in total. The number of hydrogen-bond acceptors (Lipinski definition) is 5. The van der Waals surface area contributed by atoms with E-state index in [0.717, 1.165) is 23.8 Å². The first-order valence-corrected chi connectivity index (χ1v) is 5.53. The van der Waals surface area contributed by atoms with Crippen LogP contribution in [0.25, 0.3) is 11.2 Å². The average Bonchev–Trinajstić information content (AvgIpc) is 2.62. The molecule has 0 bridgehead atoms. The highest BCUT2D eigenvalue weighted by atomic mass is 15.1. The first kappa shape index (κ1) is 9.38. The summed E-state index contributed by atoms with van der Waals surface area (Å²) < 4.78 is 0. The predicted molar refractivity (Wildman–Crippen MR) is 61.9 cm³/mol. The second kappa shape index (κ2) is 3.62. The Morgan fingerprint density at radius 2 is 2.31 bits per heavy atom. The number of nitrogen functional groups attached to an aromatic ring is 1. The van der Waals surface area contributed by atoms with Gasteiger partial charge in [0.2, 0.25) is 5.95 Å². The molecular weight excluding hydrogens is 204 g/mol. The second-order valence-electron chi connectivity index (χ2n) is 4.21. The van der Waals surface area contributed by atoms with E-state index in [-0.39, 0.29) is 5.95 Å². The zero-order valence-corrected chi connectivity index (χ0v) is 8.90. The lowest BCUT2D eigenvalue weighted by atomic mass is 9.85. The molecule has 1 fully saturated rings. The zero-order chi connectivity index (χ0) is 11.0. The van der Waals surface area contributed by atoms with Crippen molar-refractivity contribution in [3.63, 3.8) is 0 Å². The molecule has 2 heterocycles. The van der Waals surface area contributed by atoms with Crippen molar-refractivity contribution in [3.05, 3.63) is 6.33 Å². The molecule has 2 aromatic rings. The number of rotatable bonds is 3. The predicted octanol–water partition coefficient (Wildman–Crippen LogP) is 1.15. The highest BCUT2D eigenvalue weighted by Gasteiger charge is 2.18. The molecule has 6 heteroatoms. The van der Waals surface area contributed by atoms with E-state index in [1.54, 1.807) is 6.33 Å². The summed E-state index contributed by atoms with van der Waals surface area (Å²) in [4.78, 5) is 15.3. The number of fused-ring (bicyclic) bond motifs is 1. The fourth-order valence-electron chi connectivity index (χ4n) is 1.92. The molecule has 0 atom stereocenters. The molecule has 0 unspecified atom stereocenters. The Balaban J connectivity index is 1.85. The average molecular weight is 218 g/mol. The van der Waals surface area contributed by atoms with Crippen LogP contribution >= 0.6 is 0 Å². The fourth-order valence-corrected chi connectivity index (χ4v) is 1.92. The number of aromatic nitrogens is 4. The molecule has 6 nitrogen and oxygen atoms in total. The second-order valence-corrected chi connectivity index (χ2v) is 4.21. The van der Waals surface area contributed by atoms with E-state index in [1.807, 2.05) is 0 Å². The standard InChI is InChI=1S/C10H14N6/c11-10-15-8(12-4-6-2-1-3-6)7-9(16-10)14-5-13-7/h5-6H,1-4H2,(H4,11,12,13,14,15,16). The van der Waals surface area contributed by atoms with Gasteiger partial charge in [-0.1, -0.05) is 6.42 Å². The third-order valence-electron chi connectivity index (χ3n) is 3.09. The topological polar surface area (TPSA) is 92.5 Å². The lowest BCUT2D eigenvalue weighted by molar-refractivity contribution is 0.333. The molecule has 0 spiro atoms. The first-order valence-electron chi connectivity index (χ1n) is 5.53. The van der Waals surface area contributed by atoms with Gasteiger partial charge >= 0.3 is 0 Å². The number of nitrogens with zero attached hydrogens (tertiary/aromatic N) is 3. The largest absolute Gasteiger partial charge is 0.368 e. The van der Waals surface area contributed by atoms with E-state index in [9.17, 15) is 0 Å². The molecule has 2 aromatic heterocycles. The van der Waals surface area contributed by atoms with Crippen LogP contribution in [0.5, 0.6) is 0 Å². The maximum atomic E-state index is 5.62. The van der Waals surface area contributed by atoms with Gasteiger partial charge in [0.1, 0.15) is 5.52 Å². The van der Waals surface area contributed by atoms with Crippen LogP contribution < -0.4 is 11.1 Å². The van der Waals surface area contributed by atoms with Gasteiger partial charge in [-0.3, -0.25) is 0 Å². The number of H-pyrrole nitrogens is 1. The first-order chi connectivity index (χ1) is 7.83. The van der Waals surface area contributed by atoms with E-state index in [4.69, 9.17) is 5.73 Å². The highest BCUT2D eigenvalue weighted by Crippen LogP contribution is 2.27. The summed E-state index contributed by atoms with van der Waals surface area (Å²) in [5.74, 6) is 1.79. The minimum absolute atomic E-state index is 0.260. The lowest BCUT2D eigenvalue weighted by Gasteiger charge is -2.25. The molecule has 0 amide bonds. The van der Waals surface area contributed by atoms with Crippen LogP contribution in [0.4, 0.5) is 11.8 Å². The molecule has 1 aliphatic carbocycles. The van der Waals surface area contributed by atoms with Crippen molar-refractivity contribution < 1.29 is 0 Å². The normalized spacial score (nSPS) is 16.2. The monoisotopic (exact) mass is 218 g/mol. The summed E-state index contributed by atoms with van der Waals surface area (Å²) in [5, 5.41) is 3.31. The maximum absolute atomic E-state index is 5.62. The number of nitrogens with two attached hydrogens (primary N) is 1. The fraction of sp³-hybridized carbons (Fsp3) is 0.500. The third kappa shape index (κ3) is 1.56. The zero-order valence-electron chi connectivity index (χ0n) is 8.90. The Kier molecular flexibility index (Phi) is 2.12. The van der Waals surface area contributed by atoms with E-state index in [0.29, 0.717) is 5.65 Å². The van der Waals surface area contributed by atoms with E-state index >= 15 is 0 Å². The molecular formula is C10H14N6. The van der Waals surface area contributed by atoms with Crippen molar-refractivity contribution in [1.82, 2.24) is 19.9 Å². The molecule has 16 heavy (non-hydrogen) atoms. The Morgan fingerprint density at radius 1 is 1.44 bits per heavy atom. The van der Waals surface area contributed by atoms with E-state index in [2.05, 4.69) is 25.3 Å². The van der Waals surface area contributed by atoms with Gasteiger partial charge in [0, 0.05) is 6.54 Å². The van der Waals surface area contributed by atoms with Crippen LogP contribution in [0.15, 0.2) is 6.33 Å². The van der Waals surface area contributed by atoms with Crippen molar-refractivity contribution in [2.75, 3.05) is 17.6 Å². The lowest BCUT2D eigenvalue weighted by Crippen LogP contribution is -2.21. The number of aromatic amines is 1. The summed E-state index contributed by atoms with van der Waals surface area (Å²) in [7, 11) is 0. The van der Waals surface area contributed by atoms with Crippen molar-refractivity contribution in [2.45, 2.75) is 19.3 Å². The molecule has 84 valence electrons. The van der Waals surface area contributed by atoms with Crippen LogP contribution in [-0.4, -0.2) is 26.5 Å². The van der Waals surface area contributed by atoms with Crippen molar-refractivity contribution in [2.24, 2.45) is 5.92 Å². The third-order valence-corrected chi connectivity index (χ3v) is 3.09. The number of hydrogen-bond donors (Lipinski definition) is 3. The minimum atomic E-state index is 0.260. The highest BCUT2D eigenvalue weighted by molar-refractivity contribution is 5.83. The van der Waals surface area contributed by atoms with E-state index in [1.165, 1.54) is 19.3 Å². The number of anilines is 2. The quantitative estimate of drug-likeness (QED) is 0.718. The number of nitrogens with one attached hydrogen (secondary N) is 2. The smallest absolute Gasteiger partial charge is 0.224 e. The molecule has 1 aliphatic rings. The minimum Gasteiger partial charge on any atom is -0.368 e. The van der Waals surface area contributed by atoms with Gasteiger partial charge in [-0.15, -0.1) is 0 Å². The molecule has 0 radical (unpaired) electrons. The van der Waals surface area contributed by atoms with Gasteiger partial charge in [0.25, 0.3) is 0 Å². The molecule has 0 aliphatic heterocycles. The molecule has 1 saturated carbocycles. The maximum Gasteiger partial charge on any atom is 0.224 e. The van der Waals surface area contributed by atoms with Crippen molar-refractivity contribution in [1.29, 1.82) is 0 Å². The van der Waals surface area contributed by atoms with Gasteiger partial charge in [-0.25, -0.2) is 4.98 Å². The van der Waals surface area contributed by atoms with Crippen LogP contribution in [0.3, 0.4) is 0 Å².